The van der Waals surface area contributed by atoms with Crippen LogP contribution in [0.25, 0.3) is 0 Å². The number of nitrogens with one attached hydrogen (secondary N) is 1. The summed E-state index contributed by atoms with van der Waals surface area (Å²) in [5.41, 5.74) is 5.48. The Morgan fingerprint density at radius 2 is 1.94 bits per heavy atom. The average molecular weight is 272 g/mol. The van der Waals surface area contributed by atoms with Crippen molar-refractivity contribution in [1.82, 2.24) is 4.72 Å². The minimum Gasteiger partial charge on any atom is -0.389 e. The molecule has 94 valence electrons. The summed E-state index contributed by atoms with van der Waals surface area (Å²) in [7, 11) is -3.54. The lowest BCUT2D eigenvalue weighted by atomic mass is 10.1. The second-order valence-corrected chi connectivity index (χ2v) is 6.87. The number of hydrogen-bond acceptors (Lipinski definition) is 3. The number of nitrogens with two attached hydrogens (primary N) is 1. The van der Waals surface area contributed by atoms with Crippen LogP contribution in [0.4, 0.5) is 0 Å². The highest BCUT2D eigenvalue weighted by Crippen LogP contribution is 2.14. The molecule has 0 unspecified atom stereocenters. The molecule has 1 aromatic carbocycles. The lowest BCUT2D eigenvalue weighted by molar-refractivity contribution is 0.491. The zero-order valence-electron chi connectivity index (χ0n) is 10.0. The Bertz CT molecular complexity index is 531. The molecule has 0 aliphatic heterocycles. The van der Waals surface area contributed by atoms with Gasteiger partial charge in [0.2, 0.25) is 10.0 Å². The largest absolute Gasteiger partial charge is 0.389 e. The fourth-order valence-corrected chi connectivity index (χ4v) is 2.87. The van der Waals surface area contributed by atoms with Gasteiger partial charge in [-0.05, 0) is 32.9 Å². The van der Waals surface area contributed by atoms with Gasteiger partial charge < -0.3 is 5.73 Å². The fourth-order valence-electron chi connectivity index (χ4n) is 1.28. The van der Waals surface area contributed by atoms with Gasteiger partial charge in [-0.15, -0.1) is 0 Å². The van der Waals surface area contributed by atoms with Gasteiger partial charge in [0.15, 0.2) is 0 Å². The van der Waals surface area contributed by atoms with Crippen LogP contribution >= 0.6 is 12.2 Å². The van der Waals surface area contributed by atoms with Crippen LogP contribution in [0.5, 0.6) is 0 Å². The second kappa shape index (κ2) is 4.72. The third-order valence-electron chi connectivity index (χ3n) is 1.87. The highest BCUT2D eigenvalue weighted by molar-refractivity contribution is 7.89. The summed E-state index contributed by atoms with van der Waals surface area (Å²) in [5, 5.41) is 0. The summed E-state index contributed by atoms with van der Waals surface area (Å²) < 4.78 is 26.6. The molecule has 0 fully saturated rings. The van der Waals surface area contributed by atoms with Gasteiger partial charge in [-0.25, -0.2) is 13.1 Å². The Labute approximate surface area is 107 Å². The van der Waals surface area contributed by atoms with Crippen LogP contribution in [-0.2, 0) is 10.0 Å². The quantitative estimate of drug-likeness (QED) is 0.816. The SMILES string of the molecule is CC(C)(C)NS(=O)(=O)c1cccc(C(N)=S)c1. The van der Waals surface area contributed by atoms with E-state index >= 15 is 0 Å². The molecule has 0 saturated heterocycles. The normalized spacial score (nSPS) is 12.4. The molecule has 0 aliphatic rings. The van der Waals surface area contributed by atoms with Crippen molar-refractivity contribution in [1.29, 1.82) is 0 Å². The zero-order valence-corrected chi connectivity index (χ0v) is 11.7. The summed E-state index contributed by atoms with van der Waals surface area (Å²) in [5.74, 6) is 0. The summed E-state index contributed by atoms with van der Waals surface area (Å²) in [6.07, 6.45) is 0. The van der Waals surface area contributed by atoms with Gasteiger partial charge in [-0.1, -0.05) is 24.4 Å². The highest BCUT2D eigenvalue weighted by Gasteiger charge is 2.22. The van der Waals surface area contributed by atoms with Crippen molar-refractivity contribution in [2.45, 2.75) is 31.2 Å². The van der Waals surface area contributed by atoms with Crippen LogP contribution in [0.1, 0.15) is 26.3 Å². The van der Waals surface area contributed by atoms with E-state index in [1.165, 1.54) is 12.1 Å². The first-order valence-corrected chi connectivity index (χ1v) is 6.95. The van der Waals surface area contributed by atoms with Crippen LogP contribution in [-0.4, -0.2) is 18.9 Å². The molecule has 0 saturated carbocycles. The Morgan fingerprint density at radius 3 is 2.41 bits per heavy atom. The number of sulfonamides is 1. The van der Waals surface area contributed by atoms with Gasteiger partial charge in [-0.2, -0.15) is 0 Å². The van der Waals surface area contributed by atoms with Crippen LogP contribution < -0.4 is 10.5 Å². The summed E-state index contributed by atoms with van der Waals surface area (Å²) in [4.78, 5) is 0.343. The molecular weight excluding hydrogens is 256 g/mol. The molecule has 1 aromatic rings. The van der Waals surface area contributed by atoms with E-state index in [0.717, 1.165) is 0 Å². The molecule has 0 spiro atoms. The Hall–Kier alpha value is -0.980. The van der Waals surface area contributed by atoms with Crippen molar-refractivity contribution in [3.05, 3.63) is 29.8 Å². The van der Waals surface area contributed by atoms with Gasteiger partial charge in [0.05, 0.1) is 4.90 Å². The van der Waals surface area contributed by atoms with Crippen molar-refractivity contribution >= 4 is 27.2 Å². The van der Waals surface area contributed by atoms with Crippen LogP contribution in [0.2, 0.25) is 0 Å². The number of rotatable bonds is 3. The first-order chi connectivity index (χ1) is 7.62. The molecule has 0 aromatic heterocycles. The average Bonchev–Trinajstić information content (AvgIpc) is 2.14. The first kappa shape index (κ1) is 14.1. The van der Waals surface area contributed by atoms with E-state index in [1.807, 2.05) is 0 Å². The Kier molecular flexibility index (Phi) is 3.91. The molecule has 0 radical (unpaired) electrons. The highest BCUT2D eigenvalue weighted by atomic mass is 32.2. The van der Waals surface area contributed by atoms with Gasteiger partial charge >= 0.3 is 0 Å². The van der Waals surface area contributed by atoms with Crippen molar-refractivity contribution in [2.24, 2.45) is 5.73 Å². The molecule has 17 heavy (non-hydrogen) atoms. The molecule has 4 nitrogen and oxygen atoms in total. The maximum atomic E-state index is 12.0. The lowest BCUT2D eigenvalue weighted by Crippen LogP contribution is -2.40. The van der Waals surface area contributed by atoms with E-state index in [0.29, 0.717) is 5.56 Å². The van der Waals surface area contributed by atoms with Gasteiger partial charge in [-0.3, -0.25) is 0 Å². The molecule has 0 heterocycles. The molecule has 0 amide bonds. The maximum Gasteiger partial charge on any atom is 0.241 e. The monoisotopic (exact) mass is 272 g/mol. The van der Waals surface area contributed by atoms with E-state index < -0.39 is 15.6 Å². The van der Waals surface area contributed by atoms with Crippen LogP contribution in [0.3, 0.4) is 0 Å². The molecule has 0 aliphatic carbocycles. The van der Waals surface area contributed by atoms with Crippen LogP contribution in [0.15, 0.2) is 29.2 Å². The molecule has 0 bridgehead atoms. The smallest absolute Gasteiger partial charge is 0.241 e. The topological polar surface area (TPSA) is 72.2 Å². The Balaban J connectivity index is 3.16. The minimum atomic E-state index is -3.54. The molecule has 0 atom stereocenters. The van der Waals surface area contributed by atoms with Crippen LogP contribution in [0, 0.1) is 0 Å². The van der Waals surface area contributed by atoms with E-state index in [9.17, 15) is 8.42 Å². The fraction of sp³-hybridized carbons (Fsp3) is 0.364. The Morgan fingerprint density at radius 1 is 1.35 bits per heavy atom. The summed E-state index contributed by atoms with van der Waals surface area (Å²) in [6, 6.07) is 6.27. The van der Waals surface area contributed by atoms with E-state index in [2.05, 4.69) is 4.72 Å². The van der Waals surface area contributed by atoms with Crippen molar-refractivity contribution < 1.29 is 8.42 Å². The lowest BCUT2D eigenvalue weighted by Gasteiger charge is -2.20. The van der Waals surface area contributed by atoms with Crippen molar-refractivity contribution in [2.75, 3.05) is 0 Å². The van der Waals surface area contributed by atoms with E-state index in [1.54, 1.807) is 32.9 Å². The van der Waals surface area contributed by atoms with Gasteiger partial charge in [0.25, 0.3) is 0 Å². The predicted molar refractivity (Wildman–Crippen MR) is 72.4 cm³/mol. The molecule has 1 rings (SSSR count). The number of hydrogen-bond donors (Lipinski definition) is 2. The van der Waals surface area contributed by atoms with Crippen molar-refractivity contribution in [3.63, 3.8) is 0 Å². The maximum absolute atomic E-state index is 12.0. The van der Waals surface area contributed by atoms with E-state index in [4.69, 9.17) is 18.0 Å². The van der Waals surface area contributed by atoms with E-state index in [-0.39, 0.29) is 9.88 Å². The third-order valence-corrected chi connectivity index (χ3v) is 3.86. The number of benzene rings is 1. The molecule has 3 N–H and O–H groups in total. The second-order valence-electron chi connectivity index (χ2n) is 4.75. The predicted octanol–water partition coefficient (Wildman–Crippen LogP) is 1.40. The first-order valence-electron chi connectivity index (χ1n) is 5.06. The molecule has 6 heteroatoms. The third kappa shape index (κ3) is 4.07. The van der Waals surface area contributed by atoms with Gasteiger partial charge in [0, 0.05) is 11.1 Å². The number of thiocarbonyl (C=S) groups is 1. The molecular formula is C11H16N2O2S2. The van der Waals surface area contributed by atoms with Gasteiger partial charge in [0.1, 0.15) is 4.99 Å². The summed E-state index contributed by atoms with van der Waals surface area (Å²) in [6.45, 7) is 5.34. The standard InChI is InChI=1S/C11H16N2O2S2/c1-11(2,3)13-17(14,15)9-6-4-5-8(7-9)10(12)16/h4-7,13H,1-3H3,(H2,12,16). The minimum absolute atomic E-state index is 0.165. The summed E-state index contributed by atoms with van der Waals surface area (Å²) >= 11 is 4.82. The zero-order chi connectivity index (χ0) is 13.3. The van der Waals surface area contributed by atoms with Crippen molar-refractivity contribution in [3.8, 4) is 0 Å².